The van der Waals surface area contributed by atoms with Crippen molar-refractivity contribution in [3.63, 3.8) is 0 Å². The fraction of sp³-hybridized carbons (Fsp3) is 0.875. The van der Waals surface area contributed by atoms with Gasteiger partial charge in [-0.1, -0.05) is 27.7 Å². The van der Waals surface area contributed by atoms with Crippen molar-refractivity contribution in [2.24, 2.45) is 17.8 Å². The molecule has 0 aromatic carbocycles. The van der Waals surface area contributed by atoms with Crippen LogP contribution in [-0.4, -0.2) is 41.1 Å². The Bertz CT molecular complexity index is 319. The Morgan fingerprint density at radius 1 is 1.05 bits per heavy atom. The molecule has 0 saturated carbocycles. The molecule has 0 radical (unpaired) electrons. The Balaban J connectivity index is 4.44. The summed E-state index contributed by atoms with van der Waals surface area (Å²) in [6.07, 6.45) is 0.579. The van der Waals surface area contributed by atoms with E-state index in [4.69, 9.17) is 5.11 Å². The van der Waals surface area contributed by atoms with Gasteiger partial charge >= 0.3 is 12.0 Å². The average Bonchev–Trinajstić information content (AvgIpc) is 2.32. The second kappa shape index (κ2) is 9.64. The van der Waals surface area contributed by atoms with Gasteiger partial charge in [0.2, 0.25) is 0 Å². The molecule has 0 bridgehead atoms. The molecule has 0 aliphatic rings. The first-order valence-electron chi connectivity index (χ1n) is 7.93. The predicted molar refractivity (Wildman–Crippen MR) is 85.3 cm³/mol. The second-order valence-electron chi connectivity index (χ2n) is 6.62. The van der Waals surface area contributed by atoms with E-state index < -0.39 is 5.97 Å². The van der Waals surface area contributed by atoms with E-state index in [1.807, 2.05) is 13.8 Å². The zero-order valence-corrected chi connectivity index (χ0v) is 14.3. The number of hydrogen-bond acceptors (Lipinski definition) is 2. The number of rotatable bonds is 9. The van der Waals surface area contributed by atoms with Crippen LogP contribution in [0.5, 0.6) is 0 Å². The first-order chi connectivity index (χ1) is 9.66. The van der Waals surface area contributed by atoms with Gasteiger partial charge < -0.3 is 15.3 Å². The number of urea groups is 1. The van der Waals surface area contributed by atoms with Crippen molar-refractivity contribution in [1.29, 1.82) is 0 Å². The van der Waals surface area contributed by atoms with Crippen LogP contribution >= 0.6 is 0 Å². The maximum atomic E-state index is 12.3. The van der Waals surface area contributed by atoms with Crippen molar-refractivity contribution in [3.05, 3.63) is 0 Å². The normalized spacial score (nSPS) is 11.5. The number of carbonyl (C=O) groups is 2. The van der Waals surface area contributed by atoms with Gasteiger partial charge in [0.05, 0.1) is 0 Å². The molecule has 21 heavy (non-hydrogen) atoms. The van der Waals surface area contributed by atoms with Gasteiger partial charge in [-0.15, -0.1) is 0 Å². The van der Waals surface area contributed by atoms with Gasteiger partial charge in [0.15, 0.2) is 0 Å². The predicted octanol–water partition coefficient (Wildman–Crippen LogP) is 3.20. The lowest BCUT2D eigenvalue weighted by atomic mass is 9.85. The third kappa shape index (κ3) is 7.93. The Morgan fingerprint density at radius 3 is 1.95 bits per heavy atom. The number of nitrogens with one attached hydrogen (secondary N) is 1. The molecular weight excluding hydrogens is 268 g/mol. The molecule has 0 saturated heterocycles. The summed E-state index contributed by atoms with van der Waals surface area (Å²) in [5, 5.41) is 11.7. The molecule has 0 aliphatic heterocycles. The maximum absolute atomic E-state index is 12.3. The zero-order valence-electron chi connectivity index (χ0n) is 14.3. The number of amides is 2. The molecule has 0 unspecified atom stereocenters. The molecule has 0 spiro atoms. The summed E-state index contributed by atoms with van der Waals surface area (Å²) < 4.78 is 0. The summed E-state index contributed by atoms with van der Waals surface area (Å²) >= 11 is 0. The molecule has 0 aromatic heterocycles. The van der Waals surface area contributed by atoms with Crippen LogP contribution < -0.4 is 5.32 Å². The van der Waals surface area contributed by atoms with E-state index >= 15 is 0 Å². The van der Waals surface area contributed by atoms with Crippen molar-refractivity contribution >= 4 is 12.0 Å². The highest BCUT2D eigenvalue weighted by Crippen LogP contribution is 2.19. The number of nitrogens with zero attached hydrogens (tertiary/aromatic N) is 1. The summed E-state index contributed by atoms with van der Waals surface area (Å²) in [6.45, 7) is 13.7. The van der Waals surface area contributed by atoms with Crippen LogP contribution in [0.1, 0.15) is 54.4 Å². The smallest absolute Gasteiger partial charge is 0.317 e. The van der Waals surface area contributed by atoms with Crippen LogP contribution in [0.2, 0.25) is 0 Å². The van der Waals surface area contributed by atoms with Gasteiger partial charge in [-0.05, 0) is 38.0 Å². The van der Waals surface area contributed by atoms with E-state index in [2.05, 4.69) is 33.0 Å². The van der Waals surface area contributed by atoms with E-state index in [9.17, 15) is 9.59 Å². The highest BCUT2D eigenvalue weighted by Gasteiger charge is 2.21. The molecule has 0 aromatic rings. The lowest BCUT2D eigenvalue weighted by Crippen LogP contribution is -2.46. The Kier molecular flexibility index (Phi) is 9.06. The molecule has 0 aliphatic carbocycles. The first kappa shape index (κ1) is 19.7. The largest absolute Gasteiger partial charge is 0.481 e. The van der Waals surface area contributed by atoms with Crippen molar-refractivity contribution in [3.8, 4) is 0 Å². The molecule has 0 heterocycles. The summed E-state index contributed by atoms with van der Waals surface area (Å²) in [6, 6.07) is -0.0305. The highest BCUT2D eigenvalue weighted by molar-refractivity contribution is 5.74. The summed E-state index contributed by atoms with van der Waals surface area (Å²) in [5.41, 5.74) is 0. The third-order valence-electron chi connectivity index (χ3n) is 3.88. The van der Waals surface area contributed by atoms with Crippen molar-refractivity contribution in [2.75, 3.05) is 13.1 Å². The van der Waals surface area contributed by atoms with Crippen molar-refractivity contribution in [1.82, 2.24) is 10.2 Å². The molecular formula is C16H32N2O3. The minimum atomic E-state index is -0.821. The number of hydrogen-bond donors (Lipinski definition) is 2. The molecule has 0 fully saturated rings. The highest BCUT2D eigenvalue weighted by atomic mass is 16.4. The Labute approximate surface area is 129 Å². The number of carbonyl (C=O) groups excluding carboxylic acids is 1. The van der Waals surface area contributed by atoms with Gasteiger partial charge in [-0.3, -0.25) is 4.79 Å². The zero-order chi connectivity index (χ0) is 16.6. The number of carboxylic acids is 1. The van der Waals surface area contributed by atoms with E-state index in [0.29, 0.717) is 37.3 Å². The van der Waals surface area contributed by atoms with Crippen LogP contribution in [0.15, 0.2) is 0 Å². The summed E-state index contributed by atoms with van der Waals surface area (Å²) in [7, 11) is 0. The monoisotopic (exact) mass is 300 g/mol. The fourth-order valence-corrected chi connectivity index (χ4v) is 2.54. The maximum Gasteiger partial charge on any atom is 0.317 e. The van der Waals surface area contributed by atoms with Gasteiger partial charge in [-0.2, -0.15) is 0 Å². The van der Waals surface area contributed by atoms with Gasteiger partial charge in [-0.25, -0.2) is 4.79 Å². The first-order valence-corrected chi connectivity index (χ1v) is 7.93. The van der Waals surface area contributed by atoms with Crippen LogP contribution in [-0.2, 0) is 4.79 Å². The molecule has 0 atom stereocenters. The van der Waals surface area contributed by atoms with Gasteiger partial charge in [0.25, 0.3) is 0 Å². The van der Waals surface area contributed by atoms with Crippen LogP contribution in [0, 0.1) is 17.8 Å². The fourth-order valence-electron chi connectivity index (χ4n) is 2.54. The van der Waals surface area contributed by atoms with Crippen LogP contribution in [0.4, 0.5) is 4.79 Å². The number of aliphatic carboxylic acids is 1. The third-order valence-corrected chi connectivity index (χ3v) is 3.88. The quantitative estimate of drug-likeness (QED) is 0.687. The second-order valence-corrected chi connectivity index (χ2v) is 6.62. The van der Waals surface area contributed by atoms with E-state index in [1.54, 1.807) is 4.90 Å². The molecule has 5 heteroatoms. The Hall–Kier alpha value is -1.26. The van der Waals surface area contributed by atoms with Crippen LogP contribution in [0.25, 0.3) is 0 Å². The molecule has 0 rings (SSSR count). The van der Waals surface area contributed by atoms with E-state index in [1.165, 1.54) is 0 Å². The van der Waals surface area contributed by atoms with Gasteiger partial charge in [0.1, 0.15) is 0 Å². The SMILES string of the molecule is CC(C)C(CNC(=O)N(CCCC(=O)O)C(C)C)C(C)C. The van der Waals surface area contributed by atoms with Gasteiger partial charge in [0, 0.05) is 25.6 Å². The number of carboxylic acid groups (broad SMARTS) is 1. The van der Waals surface area contributed by atoms with E-state index in [0.717, 1.165) is 0 Å². The molecule has 2 amide bonds. The molecule has 2 N–H and O–H groups in total. The minimum Gasteiger partial charge on any atom is -0.481 e. The minimum absolute atomic E-state index is 0.0651. The lowest BCUT2D eigenvalue weighted by molar-refractivity contribution is -0.137. The summed E-state index contributed by atoms with van der Waals surface area (Å²) in [4.78, 5) is 24.6. The summed E-state index contributed by atoms with van der Waals surface area (Å²) in [5.74, 6) is 0.662. The standard InChI is InChI=1S/C16H32N2O3/c1-11(2)14(12(3)4)10-17-16(21)18(13(5)6)9-7-8-15(19)20/h11-14H,7-10H2,1-6H3,(H,17,21)(H,19,20). The van der Waals surface area contributed by atoms with E-state index in [-0.39, 0.29) is 18.5 Å². The van der Waals surface area contributed by atoms with Crippen LogP contribution in [0.3, 0.4) is 0 Å². The lowest BCUT2D eigenvalue weighted by Gasteiger charge is -2.30. The van der Waals surface area contributed by atoms with Crippen molar-refractivity contribution < 1.29 is 14.7 Å². The topological polar surface area (TPSA) is 69.6 Å². The molecule has 5 nitrogen and oxygen atoms in total. The van der Waals surface area contributed by atoms with Crippen molar-refractivity contribution in [2.45, 2.75) is 60.4 Å². The average molecular weight is 300 g/mol. The Morgan fingerprint density at radius 2 is 1.57 bits per heavy atom. The molecule has 124 valence electrons.